The van der Waals surface area contributed by atoms with Gasteiger partial charge in [-0.15, -0.1) is 6.58 Å². The van der Waals surface area contributed by atoms with Gasteiger partial charge in [0.2, 0.25) is 0 Å². The lowest BCUT2D eigenvalue weighted by molar-refractivity contribution is -0.133. The number of ether oxygens (including phenoxy) is 1. The summed E-state index contributed by atoms with van der Waals surface area (Å²) in [5.74, 6) is 0.231. The summed E-state index contributed by atoms with van der Waals surface area (Å²) in [6.45, 7) is 12.1. The van der Waals surface area contributed by atoms with Crippen molar-refractivity contribution in [3.05, 3.63) is 12.7 Å². The second-order valence-electron chi connectivity index (χ2n) is 6.20. The highest BCUT2D eigenvalue weighted by Crippen LogP contribution is 2.34. The smallest absolute Gasteiger partial charge is 0.410 e. The number of amides is 1. The van der Waals surface area contributed by atoms with E-state index in [2.05, 4.69) is 6.58 Å². The van der Waals surface area contributed by atoms with Gasteiger partial charge >= 0.3 is 6.09 Å². The lowest BCUT2D eigenvalue weighted by atomic mass is 9.74. The molecular formula is C15H25NO3. The predicted octanol–water partition coefficient (Wildman–Crippen LogP) is 3.17. The molecule has 1 aliphatic rings. The number of piperidine rings is 1. The summed E-state index contributed by atoms with van der Waals surface area (Å²) in [6.07, 6.45) is 3.17. The van der Waals surface area contributed by atoms with Gasteiger partial charge in [-0.05, 0) is 33.6 Å². The first-order chi connectivity index (χ1) is 8.74. The first kappa shape index (κ1) is 15.7. The number of hydrogen-bond acceptors (Lipinski definition) is 3. The molecule has 108 valence electrons. The summed E-state index contributed by atoms with van der Waals surface area (Å²) in [4.78, 5) is 25.9. The summed E-state index contributed by atoms with van der Waals surface area (Å²) < 4.78 is 5.38. The fraction of sp³-hybridized carbons (Fsp3) is 0.733. The highest BCUT2D eigenvalue weighted by molar-refractivity contribution is 5.87. The second-order valence-corrected chi connectivity index (χ2v) is 6.20. The zero-order valence-corrected chi connectivity index (χ0v) is 12.5. The average Bonchev–Trinajstić information content (AvgIpc) is 2.30. The van der Waals surface area contributed by atoms with E-state index in [-0.39, 0.29) is 11.9 Å². The quantitative estimate of drug-likeness (QED) is 0.738. The van der Waals surface area contributed by atoms with Crippen LogP contribution in [0.4, 0.5) is 4.79 Å². The minimum atomic E-state index is -0.508. The van der Waals surface area contributed by atoms with Crippen LogP contribution in [0.3, 0.4) is 0 Å². The number of allylic oxidation sites excluding steroid dienone is 1. The van der Waals surface area contributed by atoms with E-state index in [1.807, 2.05) is 27.7 Å². The average molecular weight is 267 g/mol. The largest absolute Gasteiger partial charge is 0.444 e. The molecule has 1 atom stereocenters. The van der Waals surface area contributed by atoms with Gasteiger partial charge in [-0.1, -0.05) is 13.0 Å². The molecule has 0 aromatic carbocycles. The van der Waals surface area contributed by atoms with Crippen LogP contribution in [0.5, 0.6) is 0 Å². The minimum absolute atomic E-state index is 0.231. The van der Waals surface area contributed by atoms with Crippen molar-refractivity contribution in [3.63, 3.8) is 0 Å². The van der Waals surface area contributed by atoms with Crippen LogP contribution in [0.2, 0.25) is 0 Å². The van der Waals surface area contributed by atoms with Crippen LogP contribution in [-0.4, -0.2) is 35.5 Å². The standard InChI is InChI=1S/C15H25NO3/c1-6-9-15(7-2)11-16(10-8-12(15)17)13(18)19-14(3,4)5/h6H,1,7-11H2,2-5H3/t15-/m1/s1. The van der Waals surface area contributed by atoms with Crippen molar-refractivity contribution >= 4 is 11.9 Å². The van der Waals surface area contributed by atoms with Crippen LogP contribution in [0, 0.1) is 5.41 Å². The Kier molecular flexibility index (Phi) is 4.77. The van der Waals surface area contributed by atoms with Gasteiger partial charge in [0.05, 0.1) is 0 Å². The molecule has 1 fully saturated rings. The molecular weight excluding hydrogens is 242 g/mol. The molecule has 1 aliphatic heterocycles. The Hall–Kier alpha value is -1.32. The summed E-state index contributed by atoms with van der Waals surface area (Å²) in [7, 11) is 0. The lowest BCUT2D eigenvalue weighted by Gasteiger charge is -2.40. The van der Waals surface area contributed by atoms with Crippen LogP contribution in [-0.2, 0) is 9.53 Å². The molecule has 0 unspecified atom stereocenters. The molecule has 1 rings (SSSR count). The van der Waals surface area contributed by atoms with E-state index >= 15 is 0 Å². The van der Waals surface area contributed by atoms with Crippen molar-refractivity contribution in [2.24, 2.45) is 5.41 Å². The van der Waals surface area contributed by atoms with Gasteiger partial charge < -0.3 is 9.64 Å². The molecule has 0 aromatic heterocycles. The van der Waals surface area contributed by atoms with E-state index < -0.39 is 11.0 Å². The fourth-order valence-electron chi connectivity index (χ4n) is 2.42. The Morgan fingerprint density at radius 1 is 1.53 bits per heavy atom. The van der Waals surface area contributed by atoms with Crippen molar-refractivity contribution in [2.75, 3.05) is 13.1 Å². The van der Waals surface area contributed by atoms with Crippen LogP contribution in [0.15, 0.2) is 12.7 Å². The molecule has 0 N–H and O–H groups in total. The maximum absolute atomic E-state index is 12.2. The number of carbonyl (C=O) groups excluding carboxylic acids is 2. The highest BCUT2D eigenvalue weighted by Gasteiger charge is 2.42. The third kappa shape index (κ3) is 3.82. The van der Waals surface area contributed by atoms with Crippen LogP contribution < -0.4 is 0 Å². The number of carbonyl (C=O) groups is 2. The van der Waals surface area contributed by atoms with E-state index in [0.29, 0.717) is 25.9 Å². The first-order valence-electron chi connectivity index (χ1n) is 6.86. The van der Waals surface area contributed by atoms with Gasteiger partial charge in [-0.25, -0.2) is 4.79 Å². The lowest BCUT2D eigenvalue weighted by Crippen LogP contribution is -2.52. The molecule has 0 saturated carbocycles. The van der Waals surface area contributed by atoms with Gasteiger partial charge in [0.1, 0.15) is 11.4 Å². The predicted molar refractivity (Wildman–Crippen MR) is 75.0 cm³/mol. The molecule has 0 aliphatic carbocycles. The molecule has 19 heavy (non-hydrogen) atoms. The number of likely N-dealkylation sites (tertiary alicyclic amines) is 1. The molecule has 0 spiro atoms. The maximum Gasteiger partial charge on any atom is 0.410 e. The molecule has 0 bridgehead atoms. The molecule has 0 aromatic rings. The van der Waals surface area contributed by atoms with Gasteiger partial charge in [-0.3, -0.25) is 4.79 Å². The molecule has 4 heteroatoms. The van der Waals surface area contributed by atoms with E-state index in [1.165, 1.54) is 0 Å². The third-order valence-electron chi connectivity index (χ3n) is 3.56. The van der Waals surface area contributed by atoms with Crippen molar-refractivity contribution in [1.29, 1.82) is 0 Å². The topological polar surface area (TPSA) is 46.6 Å². The fourth-order valence-corrected chi connectivity index (χ4v) is 2.42. The monoisotopic (exact) mass is 267 g/mol. The summed E-state index contributed by atoms with van der Waals surface area (Å²) >= 11 is 0. The Balaban J connectivity index is 2.81. The summed E-state index contributed by atoms with van der Waals surface area (Å²) in [6, 6.07) is 0. The van der Waals surface area contributed by atoms with Gasteiger partial charge in [-0.2, -0.15) is 0 Å². The van der Waals surface area contributed by atoms with Crippen molar-refractivity contribution in [3.8, 4) is 0 Å². The van der Waals surface area contributed by atoms with E-state index in [1.54, 1.807) is 11.0 Å². The summed E-state index contributed by atoms with van der Waals surface area (Å²) in [5, 5.41) is 0. The van der Waals surface area contributed by atoms with E-state index in [0.717, 1.165) is 6.42 Å². The highest BCUT2D eigenvalue weighted by atomic mass is 16.6. The van der Waals surface area contributed by atoms with E-state index in [9.17, 15) is 9.59 Å². The van der Waals surface area contributed by atoms with Crippen molar-refractivity contribution < 1.29 is 14.3 Å². The Labute approximate surface area is 115 Å². The van der Waals surface area contributed by atoms with Gasteiger partial charge in [0, 0.05) is 24.9 Å². The van der Waals surface area contributed by atoms with Gasteiger partial charge in [0.25, 0.3) is 0 Å². The molecule has 0 radical (unpaired) electrons. The van der Waals surface area contributed by atoms with Crippen molar-refractivity contribution in [2.45, 2.75) is 52.6 Å². The zero-order valence-electron chi connectivity index (χ0n) is 12.5. The minimum Gasteiger partial charge on any atom is -0.444 e. The second kappa shape index (κ2) is 5.76. The maximum atomic E-state index is 12.2. The molecule has 1 saturated heterocycles. The molecule has 1 amide bonds. The Morgan fingerprint density at radius 2 is 2.16 bits per heavy atom. The Bertz CT molecular complexity index is 370. The number of nitrogens with zero attached hydrogens (tertiary/aromatic N) is 1. The van der Waals surface area contributed by atoms with Gasteiger partial charge in [0.15, 0.2) is 0 Å². The molecule has 1 heterocycles. The number of Topliss-reactive ketones (excluding diaryl/α,β-unsaturated/α-hetero) is 1. The Morgan fingerprint density at radius 3 is 2.63 bits per heavy atom. The zero-order chi connectivity index (χ0) is 14.7. The van der Waals surface area contributed by atoms with Crippen LogP contribution in [0.25, 0.3) is 0 Å². The van der Waals surface area contributed by atoms with Crippen LogP contribution >= 0.6 is 0 Å². The number of ketones is 1. The number of rotatable bonds is 3. The molecule has 4 nitrogen and oxygen atoms in total. The first-order valence-corrected chi connectivity index (χ1v) is 6.86. The van der Waals surface area contributed by atoms with Crippen LogP contribution in [0.1, 0.15) is 47.0 Å². The van der Waals surface area contributed by atoms with Crippen molar-refractivity contribution in [1.82, 2.24) is 4.90 Å². The van der Waals surface area contributed by atoms with E-state index in [4.69, 9.17) is 4.74 Å². The SMILES string of the molecule is C=CC[C@]1(CC)CN(C(=O)OC(C)(C)C)CCC1=O. The third-order valence-corrected chi connectivity index (χ3v) is 3.56. The summed E-state index contributed by atoms with van der Waals surface area (Å²) in [5.41, 5.74) is -0.983. The normalized spacial score (nSPS) is 24.2. The number of hydrogen-bond donors (Lipinski definition) is 0.